The number of carbonyl (C=O) groups is 2. The van der Waals surface area contributed by atoms with E-state index in [1.807, 2.05) is 45.0 Å². The summed E-state index contributed by atoms with van der Waals surface area (Å²) in [7, 11) is 0. The fraction of sp³-hybridized carbons (Fsp3) is 0.524. The summed E-state index contributed by atoms with van der Waals surface area (Å²) in [4.78, 5) is 18.8. The fourth-order valence-electron chi connectivity index (χ4n) is 1.89. The van der Waals surface area contributed by atoms with Crippen molar-refractivity contribution in [3.8, 4) is 5.75 Å². The van der Waals surface area contributed by atoms with Crippen molar-refractivity contribution >= 4 is 11.9 Å². The lowest BCUT2D eigenvalue weighted by Gasteiger charge is -2.15. The molecule has 0 saturated heterocycles. The Morgan fingerprint density at radius 1 is 1.07 bits per heavy atom. The first-order chi connectivity index (χ1) is 14.2. The van der Waals surface area contributed by atoms with Crippen molar-refractivity contribution in [1.29, 1.82) is 0 Å². The molecule has 0 aliphatic carbocycles. The molecule has 1 aromatic rings. The van der Waals surface area contributed by atoms with Crippen LogP contribution >= 0.6 is 0 Å². The van der Waals surface area contributed by atoms with Crippen LogP contribution in [0.2, 0.25) is 0 Å². The van der Waals surface area contributed by atoms with Crippen LogP contribution in [0.5, 0.6) is 5.75 Å². The number of carboxylic acids is 2. The Kier molecular flexibility index (Phi) is 16.0. The standard InChI is InChI=1S/C17H29NO4.C4H4O4/c1-4-20-9-10-21-12-15-5-7-17(8-6-15)22-13-16(19)11-18-14(2)3;5-3(6)1-2-4(7)8/h5-8,14,16,18-19H,4,9-13H2,1-3H3;1-2H,(H,5,6)(H,7,8)/p-2/b;2-1+. The van der Waals surface area contributed by atoms with Gasteiger partial charge >= 0.3 is 0 Å². The molecule has 1 aromatic carbocycles. The van der Waals surface area contributed by atoms with Crippen LogP contribution in [0.4, 0.5) is 0 Å². The average molecular weight is 425 g/mol. The number of hydrogen-bond acceptors (Lipinski definition) is 9. The maximum absolute atomic E-state index is 9.78. The SMILES string of the molecule is CCOCCOCc1ccc(OCC(O)CNC(C)C)cc1.O=C([O-])/C=C/C(=O)[O-]. The van der Waals surface area contributed by atoms with Gasteiger partial charge in [0.05, 0.1) is 31.8 Å². The maximum Gasteiger partial charge on any atom is 0.119 e. The summed E-state index contributed by atoms with van der Waals surface area (Å²) in [6, 6.07) is 8.08. The van der Waals surface area contributed by atoms with E-state index in [0.717, 1.165) is 11.3 Å². The molecule has 9 heteroatoms. The van der Waals surface area contributed by atoms with E-state index in [1.165, 1.54) is 0 Å². The highest BCUT2D eigenvalue weighted by molar-refractivity contribution is 5.87. The van der Waals surface area contributed by atoms with E-state index in [9.17, 15) is 24.9 Å². The molecular formula is C21H31NO8-2. The largest absolute Gasteiger partial charge is 0.545 e. The zero-order chi connectivity index (χ0) is 22.8. The van der Waals surface area contributed by atoms with Crippen LogP contribution in [-0.2, 0) is 25.7 Å². The van der Waals surface area contributed by atoms with E-state index in [4.69, 9.17) is 14.2 Å². The van der Waals surface area contributed by atoms with Crippen molar-refractivity contribution in [2.45, 2.75) is 39.5 Å². The smallest absolute Gasteiger partial charge is 0.119 e. The van der Waals surface area contributed by atoms with Crippen LogP contribution in [0.1, 0.15) is 26.3 Å². The summed E-state index contributed by atoms with van der Waals surface area (Å²) < 4.78 is 16.3. The Labute approximate surface area is 177 Å². The molecule has 1 rings (SSSR count). The van der Waals surface area contributed by atoms with Gasteiger partial charge in [0.15, 0.2) is 0 Å². The van der Waals surface area contributed by atoms with Crippen molar-refractivity contribution in [3.63, 3.8) is 0 Å². The van der Waals surface area contributed by atoms with E-state index in [-0.39, 0.29) is 6.61 Å². The average Bonchev–Trinajstić information content (AvgIpc) is 2.70. The first-order valence-corrected chi connectivity index (χ1v) is 9.63. The highest BCUT2D eigenvalue weighted by Gasteiger charge is 2.06. The molecule has 0 saturated carbocycles. The number of aliphatic hydroxyl groups excluding tert-OH is 1. The number of aliphatic carboxylic acids is 2. The van der Waals surface area contributed by atoms with Gasteiger partial charge in [-0.05, 0) is 36.8 Å². The molecular weight excluding hydrogens is 394 g/mol. The molecule has 0 aliphatic heterocycles. The highest BCUT2D eigenvalue weighted by Crippen LogP contribution is 2.13. The van der Waals surface area contributed by atoms with Crippen LogP contribution in [0, 0.1) is 0 Å². The van der Waals surface area contributed by atoms with Crippen LogP contribution in [0.3, 0.4) is 0 Å². The summed E-state index contributed by atoms with van der Waals surface area (Å²) in [5.41, 5.74) is 1.09. The minimum atomic E-state index is -1.55. The van der Waals surface area contributed by atoms with Crippen LogP contribution in [0.25, 0.3) is 0 Å². The molecule has 9 nitrogen and oxygen atoms in total. The molecule has 0 heterocycles. The van der Waals surface area contributed by atoms with E-state index in [0.29, 0.717) is 51.2 Å². The van der Waals surface area contributed by atoms with Gasteiger partial charge in [-0.25, -0.2) is 0 Å². The fourth-order valence-corrected chi connectivity index (χ4v) is 1.89. The summed E-state index contributed by atoms with van der Waals surface area (Å²) in [6.45, 7) is 9.37. The minimum absolute atomic E-state index is 0.282. The monoisotopic (exact) mass is 425 g/mol. The number of carbonyl (C=O) groups excluding carboxylic acids is 2. The van der Waals surface area contributed by atoms with E-state index in [1.54, 1.807) is 0 Å². The predicted octanol–water partition coefficient (Wildman–Crippen LogP) is -0.980. The summed E-state index contributed by atoms with van der Waals surface area (Å²) in [5.74, 6) is -2.34. The van der Waals surface area contributed by atoms with Gasteiger partial charge < -0.3 is 44.4 Å². The molecule has 0 aliphatic rings. The Balaban J connectivity index is 0.000000890. The van der Waals surface area contributed by atoms with Crippen molar-refractivity contribution < 1.29 is 39.1 Å². The summed E-state index contributed by atoms with van der Waals surface area (Å²) >= 11 is 0. The van der Waals surface area contributed by atoms with Crippen LogP contribution in [-0.4, -0.2) is 62.2 Å². The van der Waals surface area contributed by atoms with Gasteiger partial charge in [0, 0.05) is 19.2 Å². The van der Waals surface area contributed by atoms with Crippen LogP contribution < -0.4 is 20.3 Å². The zero-order valence-electron chi connectivity index (χ0n) is 17.7. The van der Waals surface area contributed by atoms with Gasteiger partial charge in [0.25, 0.3) is 0 Å². The highest BCUT2D eigenvalue weighted by atomic mass is 16.5. The lowest BCUT2D eigenvalue weighted by Crippen LogP contribution is -2.35. The molecule has 0 fully saturated rings. The molecule has 0 amide bonds. The second-order valence-electron chi connectivity index (χ2n) is 6.39. The molecule has 1 atom stereocenters. The van der Waals surface area contributed by atoms with Gasteiger partial charge in [0.1, 0.15) is 18.5 Å². The quantitative estimate of drug-likeness (QED) is 0.284. The third-order valence-corrected chi connectivity index (χ3v) is 3.33. The lowest BCUT2D eigenvalue weighted by atomic mass is 10.2. The number of carboxylic acid groups (broad SMARTS) is 2. The van der Waals surface area contributed by atoms with Gasteiger partial charge in [-0.2, -0.15) is 0 Å². The minimum Gasteiger partial charge on any atom is -0.545 e. The third kappa shape index (κ3) is 17.6. The van der Waals surface area contributed by atoms with Gasteiger partial charge in [-0.1, -0.05) is 26.0 Å². The lowest BCUT2D eigenvalue weighted by molar-refractivity contribution is -0.301. The van der Waals surface area contributed by atoms with Crippen molar-refractivity contribution in [2.75, 3.05) is 33.0 Å². The number of ether oxygens (including phenoxy) is 3. The molecule has 0 bridgehead atoms. The number of benzene rings is 1. The summed E-state index contributed by atoms with van der Waals surface area (Å²) in [6.07, 6.45) is 0.258. The molecule has 170 valence electrons. The van der Waals surface area contributed by atoms with Crippen molar-refractivity contribution in [1.82, 2.24) is 5.32 Å². The van der Waals surface area contributed by atoms with Crippen molar-refractivity contribution in [2.24, 2.45) is 0 Å². The number of hydrogen-bond donors (Lipinski definition) is 2. The van der Waals surface area contributed by atoms with E-state index in [2.05, 4.69) is 5.32 Å². The van der Waals surface area contributed by atoms with Crippen molar-refractivity contribution in [3.05, 3.63) is 42.0 Å². The van der Waals surface area contributed by atoms with Crippen LogP contribution in [0.15, 0.2) is 36.4 Å². The topological polar surface area (TPSA) is 140 Å². The van der Waals surface area contributed by atoms with E-state index < -0.39 is 18.0 Å². The number of aliphatic hydroxyl groups is 1. The van der Waals surface area contributed by atoms with E-state index >= 15 is 0 Å². The molecule has 30 heavy (non-hydrogen) atoms. The van der Waals surface area contributed by atoms with Gasteiger partial charge in [-0.15, -0.1) is 0 Å². The Hall–Kier alpha value is -2.46. The number of nitrogens with one attached hydrogen (secondary N) is 1. The first-order valence-electron chi connectivity index (χ1n) is 9.63. The van der Waals surface area contributed by atoms with Gasteiger partial charge in [0.2, 0.25) is 0 Å². The second-order valence-corrected chi connectivity index (χ2v) is 6.39. The Morgan fingerprint density at radius 2 is 1.63 bits per heavy atom. The number of rotatable bonds is 14. The first kappa shape index (κ1) is 27.5. The molecule has 1 unspecified atom stereocenters. The molecule has 2 N–H and O–H groups in total. The Bertz CT molecular complexity index is 600. The normalized spacial score (nSPS) is 11.8. The third-order valence-electron chi connectivity index (χ3n) is 3.33. The maximum atomic E-state index is 9.78. The predicted molar refractivity (Wildman–Crippen MR) is 106 cm³/mol. The molecule has 0 spiro atoms. The molecule has 0 radical (unpaired) electrons. The Morgan fingerprint density at radius 3 is 2.13 bits per heavy atom. The zero-order valence-corrected chi connectivity index (χ0v) is 17.7. The van der Waals surface area contributed by atoms with Gasteiger partial charge in [-0.3, -0.25) is 0 Å². The summed E-state index contributed by atoms with van der Waals surface area (Å²) in [5, 5.41) is 31.8. The molecule has 0 aromatic heterocycles. The second kappa shape index (κ2) is 17.4.